The number of fused-ring (bicyclic) bond motifs is 1. The fourth-order valence-corrected chi connectivity index (χ4v) is 7.33. The maximum atomic E-state index is 14.0. The molecule has 1 aliphatic heterocycles. The molecular weight excluding hydrogens is 753 g/mol. The number of carbonyl (C=O) groups excluding carboxylic acids is 1. The summed E-state index contributed by atoms with van der Waals surface area (Å²) in [6.07, 6.45) is 9.06. The van der Waals surface area contributed by atoms with Gasteiger partial charge in [0.2, 0.25) is 0 Å². The van der Waals surface area contributed by atoms with Crippen LogP contribution in [0, 0.1) is 0 Å². The first kappa shape index (κ1) is 40.1. The van der Waals surface area contributed by atoms with Crippen molar-refractivity contribution in [2.24, 2.45) is 4.99 Å². The Morgan fingerprint density at radius 2 is 1.71 bits per heavy atom. The van der Waals surface area contributed by atoms with Crippen LogP contribution in [0.5, 0.6) is 11.5 Å². The quantitative estimate of drug-likeness (QED) is 0.0800. The molecule has 0 fully saturated rings. The number of ether oxygens (including phenoxy) is 2. The molecule has 1 amide bonds. The minimum Gasteiger partial charge on any atom is -0.490 e. The van der Waals surface area contributed by atoms with E-state index in [0.29, 0.717) is 47.2 Å². The molecule has 0 saturated heterocycles. The maximum absolute atomic E-state index is 14.0. The maximum Gasteiger partial charge on any atom is 0.678 e. The molecule has 0 radical (unpaired) electrons. The predicted octanol–water partition coefficient (Wildman–Crippen LogP) is 9.57. The second-order valence-electron chi connectivity index (χ2n) is 14.5. The number of allylic oxidation sites excluding steroid dienone is 3. The van der Waals surface area contributed by atoms with E-state index in [1.807, 2.05) is 115 Å². The molecule has 3 heterocycles. The number of amides is 1. The first-order valence-electron chi connectivity index (χ1n) is 18.9. The van der Waals surface area contributed by atoms with Gasteiger partial charge in [0.05, 0.1) is 17.1 Å². The van der Waals surface area contributed by atoms with Gasteiger partial charge in [0.1, 0.15) is 24.2 Å². The first-order valence-corrected chi connectivity index (χ1v) is 19.8. The molecule has 0 unspecified atom stereocenters. The summed E-state index contributed by atoms with van der Waals surface area (Å²) in [5, 5.41) is 20.9. The smallest absolute Gasteiger partial charge is 0.490 e. The summed E-state index contributed by atoms with van der Waals surface area (Å²) in [4.78, 5) is 18.0. The van der Waals surface area contributed by atoms with Gasteiger partial charge in [0.25, 0.3) is 5.91 Å². The minimum atomic E-state index is -2.68. The Balaban J connectivity index is 0.831. The van der Waals surface area contributed by atoms with Crippen molar-refractivity contribution in [2.45, 2.75) is 31.9 Å². The molecule has 7 rings (SSSR count). The molecule has 0 aliphatic carbocycles. The van der Waals surface area contributed by atoms with Crippen LogP contribution in [-0.2, 0) is 11.2 Å². The van der Waals surface area contributed by atoms with Crippen LogP contribution in [0.3, 0.4) is 0 Å². The molecule has 1 atom stereocenters. The van der Waals surface area contributed by atoms with Crippen LogP contribution in [-0.4, -0.2) is 60.0 Å². The Hall–Kier alpha value is -6.08. The van der Waals surface area contributed by atoms with Gasteiger partial charge in [-0.1, -0.05) is 72.8 Å². The highest BCUT2D eigenvalue weighted by Crippen LogP contribution is 2.30. The molecule has 0 saturated carbocycles. The Labute approximate surface area is 341 Å². The number of β-amino-alcohol motifs (C(OH)–C–C–N with tert-alkyl or cyclic N) is 1. The van der Waals surface area contributed by atoms with Crippen molar-refractivity contribution in [3.05, 3.63) is 161 Å². The van der Waals surface area contributed by atoms with Crippen LogP contribution in [0.15, 0.2) is 150 Å². The monoisotopic (exact) mass is 796 g/mol. The summed E-state index contributed by atoms with van der Waals surface area (Å²) in [6, 6.07) is 36.0. The fourth-order valence-electron chi connectivity index (χ4n) is 6.59. The molecule has 4 aromatic carbocycles. The van der Waals surface area contributed by atoms with Crippen molar-refractivity contribution in [1.29, 1.82) is 0 Å². The van der Waals surface area contributed by atoms with E-state index in [-0.39, 0.29) is 24.7 Å². The molecule has 294 valence electrons. The van der Waals surface area contributed by atoms with Crippen LogP contribution < -0.4 is 20.1 Å². The summed E-state index contributed by atoms with van der Waals surface area (Å²) < 4.78 is 40.6. The molecule has 58 heavy (non-hydrogen) atoms. The highest BCUT2D eigenvalue weighted by Gasteiger charge is 2.24. The first-order chi connectivity index (χ1) is 28.1. The summed E-state index contributed by atoms with van der Waals surface area (Å²) in [6.45, 7) is 4.57. The summed E-state index contributed by atoms with van der Waals surface area (Å²) in [7, 11) is -2.68. The number of aliphatic imine (C=N–C) groups is 1. The van der Waals surface area contributed by atoms with Crippen LogP contribution >= 0.6 is 11.3 Å². The lowest BCUT2D eigenvalue weighted by molar-refractivity contribution is -0.118. The van der Waals surface area contributed by atoms with Gasteiger partial charge in [-0.25, -0.2) is 4.99 Å². The molecule has 1 aliphatic rings. The summed E-state index contributed by atoms with van der Waals surface area (Å²) >= 11 is 1.42. The number of halogens is 2. The second-order valence-corrected chi connectivity index (χ2v) is 15.5. The number of benzene rings is 4. The number of thiophene rings is 1. The minimum absolute atomic E-state index is 0.152. The third-order valence-corrected chi connectivity index (χ3v) is 10.4. The Morgan fingerprint density at radius 3 is 2.48 bits per heavy atom. The number of rotatable bonds is 17. The van der Waals surface area contributed by atoms with Gasteiger partial charge in [0, 0.05) is 33.7 Å². The number of anilines is 1. The lowest BCUT2D eigenvalue weighted by atomic mass is 9.94. The van der Waals surface area contributed by atoms with E-state index >= 15 is 0 Å². The van der Waals surface area contributed by atoms with Crippen molar-refractivity contribution in [2.75, 3.05) is 25.1 Å². The molecule has 6 aromatic rings. The van der Waals surface area contributed by atoms with E-state index in [2.05, 4.69) is 29.5 Å². The Morgan fingerprint density at radius 1 is 0.914 bits per heavy atom. The van der Waals surface area contributed by atoms with Gasteiger partial charge in [0.15, 0.2) is 6.61 Å². The predicted molar refractivity (Wildman–Crippen MR) is 233 cm³/mol. The zero-order valence-electron chi connectivity index (χ0n) is 32.1. The topological polar surface area (TPSA) is 97.1 Å². The van der Waals surface area contributed by atoms with Crippen LogP contribution in [0.4, 0.5) is 14.3 Å². The zero-order valence-corrected chi connectivity index (χ0v) is 33.0. The highest BCUT2D eigenvalue weighted by molar-refractivity contribution is 7.13. The Bertz CT molecular complexity index is 2450. The fraction of sp³-hybridized carbons (Fsp3) is 0.174. The average Bonchev–Trinajstić information content (AvgIpc) is 4.01. The number of nitrogens with one attached hydrogen (secondary N) is 2. The largest absolute Gasteiger partial charge is 0.678 e. The van der Waals surface area contributed by atoms with Gasteiger partial charge in [-0.2, -0.15) is 0 Å². The van der Waals surface area contributed by atoms with Gasteiger partial charge in [-0.15, -0.1) is 11.3 Å². The van der Waals surface area contributed by atoms with E-state index in [1.165, 1.54) is 11.3 Å². The number of carbonyl (C=O) groups is 1. The van der Waals surface area contributed by atoms with E-state index in [0.717, 1.165) is 37.0 Å². The van der Waals surface area contributed by atoms with Crippen molar-refractivity contribution in [1.82, 2.24) is 9.79 Å². The summed E-state index contributed by atoms with van der Waals surface area (Å²) in [5.74, 6) is 1.02. The van der Waals surface area contributed by atoms with Crippen molar-refractivity contribution < 1.29 is 28.0 Å². The number of aliphatic hydroxyl groups excluding tert-OH is 1. The molecule has 12 heteroatoms. The van der Waals surface area contributed by atoms with Gasteiger partial charge in [-0.3, -0.25) is 13.4 Å². The number of aliphatic hydroxyl groups is 1. The van der Waals surface area contributed by atoms with E-state index in [4.69, 9.17) is 9.47 Å². The van der Waals surface area contributed by atoms with Crippen molar-refractivity contribution in [3.8, 4) is 22.1 Å². The lowest BCUT2D eigenvalue weighted by Gasteiger charge is -2.28. The molecule has 0 spiro atoms. The normalized spacial score (nSPS) is 13.9. The molecule has 0 bridgehead atoms. The second kappa shape index (κ2) is 18.5. The lowest BCUT2D eigenvalue weighted by Crippen LogP contribution is -2.46. The van der Waals surface area contributed by atoms with E-state index < -0.39 is 13.5 Å². The third kappa shape index (κ3) is 10.7. The third-order valence-electron chi connectivity index (χ3n) is 9.47. The molecule has 3 N–H and O–H groups in total. The molecule has 2 aromatic heterocycles. The standard InChI is InChI=1S/C46H43BF2N4O4S/c1-46(2,50-29-39(54)30-57-43-10-5-8-34-7-3-4-9-41(34)43)28-33-13-18-36(19-14-33)52-45(55)31-56-40-23-15-32(16-24-40)12-17-35-20-21-37(51-35)27-38-22-25-42(53(38)47(48)49)44-11-6-26-58-44/h3-27,39,50,54H,28-31H2,1-2H3,(H,52,55)/b17-12+,37-27-/t39-/m0/s1. The SMILES string of the molecule is CC(C)(Cc1ccc(NC(=O)COc2ccc(/C=C/C3=NC(=C\c4ccc(-c5cccs5)n4B(F)F)/C=C3)cc2)cc1)NC[C@H](O)COc1cccc2ccccc12. The van der Waals surface area contributed by atoms with Crippen molar-refractivity contribution in [3.63, 3.8) is 0 Å². The summed E-state index contributed by atoms with van der Waals surface area (Å²) in [5.41, 5.74) is 4.49. The molecule has 8 nitrogen and oxygen atoms in total. The molecular formula is C46H43BF2N4O4S. The number of hydrogen-bond acceptors (Lipinski definition) is 7. The van der Waals surface area contributed by atoms with Crippen molar-refractivity contribution >= 4 is 59.0 Å². The average molecular weight is 797 g/mol. The van der Waals surface area contributed by atoms with Crippen LogP contribution in [0.1, 0.15) is 30.7 Å². The Kier molecular flexibility index (Phi) is 12.8. The number of hydrogen-bond donors (Lipinski definition) is 3. The van der Waals surface area contributed by atoms with Crippen LogP contribution in [0.2, 0.25) is 0 Å². The van der Waals surface area contributed by atoms with Gasteiger partial charge >= 0.3 is 7.40 Å². The van der Waals surface area contributed by atoms with E-state index in [1.54, 1.807) is 36.4 Å². The number of aromatic nitrogens is 1. The highest BCUT2D eigenvalue weighted by atomic mass is 32.1. The van der Waals surface area contributed by atoms with Crippen LogP contribution in [0.25, 0.3) is 33.5 Å². The number of nitrogens with zero attached hydrogens (tertiary/aromatic N) is 2. The van der Waals surface area contributed by atoms with E-state index in [9.17, 15) is 18.5 Å². The zero-order chi connectivity index (χ0) is 40.5. The van der Waals surface area contributed by atoms with Gasteiger partial charge < -0.3 is 29.7 Å². The van der Waals surface area contributed by atoms with Gasteiger partial charge in [-0.05, 0) is 115 Å².